The zero-order valence-corrected chi connectivity index (χ0v) is 17.4. The maximum absolute atomic E-state index is 13.6. The van der Waals surface area contributed by atoms with Crippen LogP contribution in [0.5, 0.6) is 5.75 Å². The monoisotopic (exact) mass is 446 g/mol. The minimum atomic E-state index is -0.217. The summed E-state index contributed by atoms with van der Waals surface area (Å²) in [6.45, 7) is 1.96. The number of hydrogen-bond acceptors (Lipinski definition) is 3. The van der Waals surface area contributed by atoms with Crippen LogP contribution < -0.4 is 0 Å². The van der Waals surface area contributed by atoms with Gasteiger partial charge in [0.25, 0.3) is 0 Å². The van der Waals surface area contributed by atoms with E-state index in [0.717, 1.165) is 32.6 Å². The van der Waals surface area contributed by atoms with Gasteiger partial charge in [0.1, 0.15) is 5.75 Å². The highest BCUT2D eigenvalue weighted by molar-refractivity contribution is 9.10. The number of aromatic hydroxyl groups is 1. The van der Waals surface area contributed by atoms with E-state index in [1.165, 1.54) is 6.07 Å². The average Bonchev–Trinajstić information content (AvgIpc) is 3.06. The summed E-state index contributed by atoms with van der Waals surface area (Å²) in [6.07, 6.45) is 4.01. The molecule has 0 atom stereocenters. The summed E-state index contributed by atoms with van der Waals surface area (Å²) in [4.78, 5) is 21.1. The molecule has 4 nitrogen and oxygen atoms in total. The molecule has 0 unspecified atom stereocenters. The highest BCUT2D eigenvalue weighted by Crippen LogP contribution is 2.35. The first-order chi connectivity index (χ1) is 14.0. The number of ketones is 1. The van der Waals surface area contributed by atoms with Crippen molar-refractivity contribution in [2.45, 2.75) is 13.3 Å². The van der Waals surface area contributed by atoms with Gasteiger partial charge in [0.2, 0.25) is 0 Å². The Balaban J connectivity index is 1.91. The first-order valence-electron chi connectivity index (χ1n) is 9.23. The molecule has 2 aromatic heterocycles. The molecular formula is C24H19BrN2O2. The van der Waals surface area contributed by atoms with Gasteiger partial charge in [-0.2, -0.15) is 0 Å². The number of nitrogens with one attached hydrogen (secondary N) is 1. The Kier molecular flexibility index (Phi) is 5.32. The van der Waals surface area contributed by atoms with Crippen molar-refractivity contribution in [2.75, 3.05) is 0 Å². The van der Waals surface area contributed by atoms with E-state index < -0.39 is 0 Å². The topological polar surface area (TPSA) is 66.0 Å². The fourth-order valence-corrected chi connectivity index (χ4v) is 3.94. The van der Waals surface area contributed by atoms with Crippen molar-refractivity contribution >= 4 is 21.7 Å². The number of H-pyrrole nitrogens is 1. The Morgan fingerprint density at radius 3 is 2.52 bits per heavy atom. The number of phenols is 1. The maximum Gasteiger partial charge on any atom is 0.199 e. The van der Waals surface area contributed by atoms with Gasteiger partial charge in [0, 0.05) is 40.2 Å². The summed E-state index contributed by atoms with van der Waals surface area (Å²) >= 11 is 3.40. The molecule has 4 aromatic rings. The predicted molar refractivity (Wildman–Crippen MR) is 117 cm³/mol. The Morgan fingerprint density at radius 2 is 1.79 bits per heavy atom. The van der Waals surface area contributed by atoms with Gasteiger partial charge in [-0.25, -0.2) is 0 Å². The number of phenolic OH excluding ortho intramolecular Hbond substituents is 1. The quantitative estimate of drug-likeness (QED) is 0.387. The molecule has 0 bridgehead atoms. The average molecular weight is 447 g/mol. The van der Waals surface area contributed by atoms with Gasteiger partial charge >= 0.3 is 0 Å². The van der Waals surface area contributed by atoms with E-state index in [1.807, 2.05) is 49.4 Å². The van der Waals surface area contributed by atoms with Crippen LogP contribution in [0.4, 0.5) is 0 Å². The molecule has 144 valence electrons. The van der Waals surface area contributed by atoms with Crippen LogP contribution >= 0.6 is 15.9 Å². The van der Waals surface area contributed by atoms with Gasteiger partial charge in [-0.05, 0) is 48.4 Å². The number of pyridine rings is 1. The number of aromatic amines is 1. The summed E-state index contributed by atoms with van der Waals surface area (Å²) < 4.78 is 0.737. The molecule has 29 heavy (non-hydrogen) atoms. The normalized spacial score (nSPS) is 10.8. The van der Waals surface area contributed by atoms with E-state index in [1.54, 1.807) is 24.5 Å². The summed E-state index contributed by atoms with van der Waals surface area (Å²) in [6, 6.07) is 18.7. The Labute approximate surface area is 177 Å². The van der Waals surface area contributed by atoms with E-state index in [-0.39, 0.29) is 17.1 Å². The fourth-order valence-electron chi connectivity index (χ4n) is 3.58. The van der Waals surface area contributed by atoms with Crippen molar-refractivity contribution in [3.8, 4) is 16.9 Å². The minimum Gasteiger partial charge on any atom is -0.507 e. The molecule has 0 amide bonds. The Morgan fingerprint density at radius 1 is 1.07 bits per heavy atom. The van der Waals surface area contributed by atoms with E-state index in [9.17, 15) is 9.90 Å². The van der Waals surface area contributed by atoms with Gasteiger partial charge in [-0.3, -0.25) is 9.78 Å². The second kappa shape index (κ2) is 8.05. The smallest absolute Gasteiger partial charge is 0.199 e. The number of halogens is 1. The van der Waals surface area contributed by atoms with Crippen LogP contribution in [-0.2, 0) is 6.42 Å². The number of aryl methyl sites for hydroxylation is 1. The third-order valence-electron chi connectivity index (χ3n) is 4.89. The number of hydrogen-bond donors (Lipinski definition) is 2. The summed E-state index contributed by atoms with van der Waals surface area (Å²) in [5.74, 6) is -0.255. The molecule has 2 N–H and O–H groups in total. The Bertz CT molecular complexity index is 1170. The van der Waals surface area contributed by atoms with E-state index >= 15 is 0 Å². The van der Waals surface area contributed by atoms with Crippen molar-refractivity contribution in [3.05, 3.63) is 106 Å². The molecule has 0 aliphatic heterocycles. The van der Waals surface area contributed by atoms with Gasteiger partial charge in [0.15, 0.2) is 5.78 Å². The zero-order valence-electron chi connectivity index (χ0n) is 15.8. The van der Waals surface area contributed by atoms with E-state index in [4.69, 9.17) is 0 Å². The van der Waals surface area contributed by atoms with Crippen molar-refractivity contribution in [1.29, 1.82) is 0 Å². The molecule has 2 aromatic carbocycles. The first-order valence-corrected chi connectivity index (χ1v) is 10.0. The van der Waals surface area contributed by atoms with Gasteiger partial charge in [0.05, 0.1) is 11.1 Å². The molecular weight excluding hydrogens is 428 g/mol. The van der Waals surface area contributed by atoms with Gasteiger partial charge in [-0.15, -0.1) is 0 Å². The number of rotatable bonds is 5. The maximum atomic E-state index is 13.6. The zero-order chi connectivity index (χ0) is 20.4. The molecule has 0 aliphatic carbocycles. The largest absolute Gasteiger partial charge is 0.507 e. The predicted octanol–water partition coefficient (Wildman–Crippen LogP) is 5.68. The molecule has 0 saturated heterocycles. The van der Waals surface area contributed by atoms with E-state index in [0.29, 0.717) is 12.0 Å². The summed E-state index contributed by atoms with van der Waals surface area (Å²) in [5, 5.41) is 10.4. The summed E-state index contributed by atoms with van der Waals surface area (Å²) in [5.41, 5.74) is 5.41. The fraction of sp³-hybridized carbons (Fsp3) is 0.0833. The number of nitrogens with zero attached hydrogens (tertiary/aromatic N) is 1. The van der Waals surface area contributed by atoms with Crippen LogP contribution in [0.2, 0.25) is 0 Å². The number of aromatic nitrogens is 2. The molecule has 0 spiro atoms. The molecule has 0 fully saturated rings. The molecule has 0 aliphatic rings. The molecule has 0 radical (unpaired) electrons. The van der Waals surface area contributed by atoms with Crippen LogP contribution in [0.3, 0.4) is 0 Å². The second-order valence-corrected chi connectivity index (χ2v) is 7.78. The highest BCUT2D eigenvalue weighted by Gasteiger charge is 2.25. The summed E-state index contributed by atoms with van der Waals surface area (Å²) in [7, 11) is 0. The van der Waals surface area contributed by atoms with Crippen molar-refractivity contribution in [1.82, 2.24) is 9.97 Å². The number of carbonyl (C=O) groups excluding carboxylic acids is 1. The minimum absolute atomic E-state index is 0.0385. The third-order valence-corrected chi connectivity index (χ3v) is 5.38. The molecule has 4 rings (SSSR count). The van der Waals surface area contributed by atoms with Crippen LogP contribution in [0.15, 0.2) is 77.5 Å². The molecule has 0 saturated carbocycles. The first kappa shape index (κ1) is 19.2. The SMILES string of the molecule is Cc1[nH]c(Cc2ccccc2)c(C(=O)c2cc(Br)ccc2O)c1-c1ccncc1. The molecule has 2 heterocycles. The van der Waals surface area contributed by atoms with Crippen molar-refractivity contribution in [2.24, 2.45) is 0 Å². The number of benzene rings is 2. The van der Waals surface area contributed by atoms with Crippen LogP contribution in [0.1, 0.15) is 32.9 Å². The van der Waals surface area contributed by atoms with Crippen LogP contribution in [0, 0.1) is 6.92 Å². The third kappa shape index (κ3) is 3.87. The van der Waals surface area contributed by atoms with Crippen LogP contribution in [0.25, 0.3) is 11.1 Å². The van der Waals surface area contributed by atoms with Crippen molar-refractivity contribution in [3.63, 3.8) is 0 Å². The standard InChI is InChI=1S/C24H19BrN2O2/c1-15-22(17-9-11-26-12-10-17)23(20(27-15)13-16-5-3-2-4-6-16)24(29)19-14-18(25)7-8-21(19)28/h2-12,14,27-28H,13H2,1H3. The van der Waals surface area contributed by atoms with Gasteiger partial charge in [-0.1, -0.05) is 46.3 Å². The lowest BCUT2D eigenvalue weighted by atomic mass is 9.92. The molecule has 5 heteroatoms. The lowest BCUT2D eigenvalue weighted by molar-refractivity contribution is 0.103. The lowest BCUT2D eigenvalue weighted by Crippen LogP contribution is -2.07. The lowest BCUT2D eigenvalue weighted by Gasteiger charge is -2.10. The highest BCUT2D eigenvalue weighted by atomic mass is 79.9. The van der Waals surface area contributed by atoms with E-state index in [2.05, 4.69) is 25.9 Å². The number of carbonyl (C=O) groups is 1. The van der Waals surface area contributed by atoms with Crippen molar-refractivity contribution < 1.29 is 9.90 Å². The Hall–Kier alpha value is -3.18. The van der Waals surface area contributed by atoms with Gasteiger partial charge < -0.3 is 10.1 Å². The van der Waals surface area contributed by atoms with Crippen LogP contribution in [-0.4, -0.2) is 20.9 Å². The second-order valence-electron chi connectivity index (χ2n) is 6.87.